The fourth-order valence-electron chi connectivity index (χ4n) is 0.986. The Morgan fingerprint density at radius 3 is 2.82 bits per heavy atom. The lowest BCUT2D eigenvalue weighted by atomic mass is 10.1. The summed E-state index contributed by atoms with van der Waals surface area (Å²) in [5.41, 5.74) is 2.32. The van der Waals surface area contributed by atoms with E-state index in [1.165, 1.54) is 5.56 Å². The molecule has 1 aromatic rings. The first-order chi connectivity index (χ1) is 5.24. The third-order valence-electron chi connectivity index (χ3n) is 1.57. The van der Waals surface area contributed by atoms with Gasteiger partial charge in [0.15, 0.2) is 0 Å². The monoisotopic (exact) mass is 214 g/mol. The van der Waals surface area contributed by atoms with E-state index in [1.54, 1.807) is 0 Å². The normalized spacial score (nSPS) is 10.1. The Labute approximate surface area is 75.2 Å². The molecule has 60 valence electrons. The van der Waals surface area contributed by atoms with Gasteiger partial charge in [-0.25, -0.2) is 0 Å². The van der Waals surface area contributed by atoms with Gasteiger partial charge in [-0.15, -0.1) is 5.10 Å². The van der Waals surface area contributed by atoms with Crippen molar-refractivity contribution >= 4 is 15.9 Å². The standard InChI is InChI=1S/C8H11BrN2/c1-3-4-7-5-8(9)11-10-6(7)2/h5H,3-4H2,1-2H3. The average molecular weight is 215 g/mol. The molecule has 1 aromatic heterocycles. The molecule has 0 bridgehead atoms. The van der Waals surface area contributed by atoms with Crippen molar-refractivity contribution < 1.29 is 0 Å². The minimum Gasteiger partial charge on any atom is -0.155 e. The maximum Gasteiger partial charge on any atom is 0.129 e. The van der Waals surface area contributed by atoms with E-state index < -0.39 is 0 Å². The minimum atomic E-state index is 0.826. The van der Waals surface area contributed by atoms with E-state index in [4.69, 9.17) is 0 Å². The van der Waals surface area contributed by atoms with Crippen molar-refractivity contribution in [1.29, 1.82) is 0 Å². The summed E-state index contributed by atoms with van der Waals surface area (Å²) >= 11 is 3.29. The number of halogens is 1. The molecule has 3 heteroatoms. The van der Waals surface area contributed by atoms with E-state index in [0.29, 0.717) is 0 Å². The Morgan fingerprint density at radius 1 is 1.45 bits per heavy atom. The molecule has 0 fully saturated rings. The Kier molecular flexibility index (Phi) is 3.00. The molecule has 0 radical (unpaired) electrons. The fraction of sp³-hybridized carbons (Fsp3) is 0.500. The van der Waals surface area contributed by atoms with Gasteiger partial charge in [-0.2, -0.15) is 5.10 Å². The molecule has 2 nitrogen and oxygen atoms in total. The first-order valence-electron chi connectivity index (χ1n) is 3.72. The van der Waals surface area contributed by atoms with Gasteiger partial charge in [0.05, 0.1) is 5.69 Å². The van der Waals surface area contributed by atoms with E-state index in [0.717, 1.165) is 23.1 Å². The van der Waals surface area contributed by atoms with Crippen LogP contribution in [0.2, 0.25) is 0 Å². The van der Waals surface area contributed by atoms with Crippen molar-refractivity contribution in [1.82, 2.24) is 10.2 Å². The van der Waals surface area contributed by atoms with Gasteiger partial charge in [0, 0.05) is 0 Å². The van der Waals surface area contributed by atoms with Crippen LogP contribution in [0.4, 0.5) is 0 Å². The third kappa shape index (κ3) is 2.26. The molecule has 11 heavy (non-hydrogen) atoms. The predicted octanol–water partition coefficient (Wildman–Crippen LogP) is 2.50. The SMILES string of the molecule is CCCc1cc(Br)nnc1C. The Hall–Kier alpha value is -0.440. The van der Waals surface area contributed by atoms with E-state index in [2.05, 4.69) is 33.1 Å². The molecule has 0 saturated heterocycles. The van der Waals surface area contributed by atoms with Gasteiger partial charge in [0.25, 0.3) is 0 Å². The molecule has 1 heterocycles. The molecule has 0 unspecified atom stereocenters. The zero-order valence-electron chi connectivity index (χ0n) is 6.76. The quantitative estimate of drug-likeness (QED) is 0.757. The average Bonchev–Trinajstić information content (AvgIpc) is 1.98. The molecule has 0 aliphatic carbocycles. The molecule has 1 rings (SSSR count). The van der Waals surface area contributed by atoms with Crippen LogP contribution in [0.1, 0.15) is 24.6 Å². The number of aryl methyl sites for hydroxylation is 2. The summed E-state index contributed by atoms with van der Waals surface area (Å²) in [6.07, 6.45) is 2.24. The molecular formula is C8H11BrN2. The fourth-order valence-corrected chi connectivity index (χ4v) is 1.34. The first-order valence-corrected chi connectivity index (χ1v) is 4.52. The Bertz CT molecular complexity index is 248. The molecule has 0 amide bonds. The van der Waals surface area contributed by atoms with Crippen LogP contribution < -0.4 is 0 Å². The largest absolute Gasteiger partial charge is 0.155 e. The van der Waals surface area contributed by atoms with E-state index >= 15 is 0 Å². The topological polar surface area (TPSA) is 25.8 Å². The highest BCUT2D eigenvalue weighted by atomic mass is 79.9. The van der Waals surface area contributed by atoms with E-state index in [1.807, 2.05) is 13.0 Å². The number of rotatable bonds is 2. The highest BCUT2D eigenvalue weighted by Crippen LogP contribution is 2.11. The van der Waals surface area contributed by atoms with Gasteiger partial charge >= 0.3 is 0 Å². The van der Waals surface area contributed by atoms with Crippen LogP contribution in [0.5, 0.6) is 0 Å². The van der Waals surface area contributed by atoms with Crippen LogP contribution in [0.25, 0.3) is 0 Å². The summed E-state index contributed by atoms with van der Waals surface area (Å²) in [6, 6.07) is 2.03. The van der Waals surface area contributed by atoms with Gasteiger partial charge in [-0.3, -0.25) is 0 Å². The predicted molar refractivity (Wildman–Crippen MR) is 48.5 cm³/mol. The molecule has 0 aliphatic heterocycles. The van der Waals surface area contributed by atoms with Gasteiger partial charge in [-0.1, -0.05) is 13.3 Å². The second-order valence-corrected chi connectivity index (χ2v) is 3.34. The summed E-state index contributed by atoms with van der Waals surface area (Å²) in [4.78, 5) is 0. The lowest BCUT2D eigenvalue weighted by molar-refractivity contribution is 0.858. The zero-order chi connectivity index (χ0) is 8.27. The third-order valence-corrected chi connectivity index (χ3v) is 1.96. The van der Waals surface area contributed by atoms with Crippen LogP contribution >= 0.6 is 15.9 Å². The van der Waals surface area contributed by atoms with Crippen molar-refractivity contribution in [2.24, 2.45) is 0 Å². The van der Waals surface area contributed by atoms with Crippen molar-refractivity contribution in [3.63, 3.8) is 0 Å². The van der Waals surface area contributed by atoms with Crippen LogP contribution in [0, 0.1) is 6.92 Å². The first kappa shape index (κ1) is 8.65. The summed E-state index contributed by atoms with van der Waals surface area (Å²) in [7, 11) is 0. The number of aromatic nitrogens is 2. The van der Waals surface area contributed by atoms with Gasteiger partial charge in [0.1, 0.15) is 4.60 Å². The van der Waals surface area contributed by atoms with Crippen molar-refractivity contribution in [2.45, 2.75) is 26.7 Å². The Balaban J connectivity index is 2.93. The van der Waals surface area contributed by atoms with Crippen molar-refractivity contribution in [2.75, 3.05) is 0 Å². The maximum absolute atomic E-state index is 4.00. The van der Waals surface area contributed by atoms with Gasteiger partial charge < -0.3 is 0 Å². The molecule has 0 spiro atoms. The van der Waals surface area contributed by atoms with Crippen LogP contribution in [0.3, 0.4) is 0 Å². The van der Waals surface area contributed by atoms with Crippen molar-refractivity contribution in [3.05, 3.63) is 21.9 Å². The summed E-state index contributed by atoms with van der Waals surface area (Å²) < 4.78 is 0.826. The smallest absolute Gasteiger partial charge is 0.129 e. The summed E-state index contributed by atoms with van der Waals surface area (Å²) in [6.45, 7) is 4.15. The van der Waals surface area contributed by atoms with Gasteiger partial charge in [-0.05, 0) is 40.9 Å². The molecule has 0 aromatic carbocycles. The highest BCUT2D eigenvalue weighted by molar-refractivity contribution is 9.10. The molecule has 0 atom stereocenters. The maximum atomic E-state index is 4.00. The second kappa shape index (κ2) is 3.81. The lowest BCUT2D eigenvalue weighted by Crippen LogP contribution is -1.94. The van der Waals surface area contributed by atoms with Crippen molar-refractivity contribution in [3.8, 4) is 0 Å². The summed E-state index contributed by atoms with van der Waals surface area (Å²) in [5.74, 6) is 0. The molecule has 0 N–H and O–H groups in total. The van der Waals surface area contributed by atoms with Crippen LogP contribution in [0.15, 0.2) is 10.7 Å². The van der Waals surface area contributed by atoms with Gasteiger partial charge in [0.2, 0.25) is 0 Å². The Morgan fingerprint density at radius 2 is 2.18 bits per heavy atom. The molecule has 0 saturated carbocycles. The van der Waals surface area contributed by atoms with E-state index in [-0.39, 0.29) is 0 Å². The number of hydrogen-bond donors (Lipinski definition) is 0. The van der Waals surface area contributed by atoms with E-state index in [9.17, 15) is 0 Å². The highest BCUT2D eigenvalue weighted by Gasteiger charge is 1.99. The van der Waals surface area contributed by atoms with Crippen LogP contribution in [-0.2, 0) is 6.42 Å². The molecule has 0 aliphatic rings. The molecular weight excluding hydrogens is 204 g/mol. The minimum absolute atomic E-state index is 0.826. The number of hydrogen-bond acceptors (Lipinski definition) is 2. The zero-order valence-corrected chi connectivity index (χ0v) is 8.35. The lowest BCUT2D eigenvalue weighted by Gasteiger charge is -2.01. The number of nitrogens with zero attached hydrogens (tertiary/aromatic N) is 2. The second-order valence-electron chi connectivity index (χ2n) is 2.53. The summed E-state index contributed by atoms with van der Waals surface area (Å²) in [5, 5.41) is 7.89. The van der Waals surface area contributed by atoms with Crippen LogP contribution in [-0.4, -0.2) is 10.2 Å².